The van der Waals surface area contributed by atoms with E-state index in [0.29, 0.717) is 0 Å². The van der Waals surface area contributed by atoms with E-state index in [4.69, 9.17) is 40.6 Å². The third kappa shape index (κ3) is 42.8. The molecule has 0 bridgehead atoms. The third-order valence-corrected chi connectivity index (χ3v) is 12.2. The van der Waals surface area contributed by atoms with Crippen molar-refractivity contribution in [3.63, 3.8) is 0 Å². The van der Waals surface area contributed by atoms with Gasteiger partial charge in [-0.2, -0.15) is 0 Å². The van der Waals surface area contributed by atoms with E-state index < -0.39 is 217 Å². The van der Waals surface area contributed by atoms with E-state index in [1.807, 2.05) is 0 Å². The fraction of sp³-hybridized carbons (Fsp3) is 0.767. The maximum atomic E-state index is 12.9. The van der Waals surface area contributed by atoms with Crippen molar-refractivity contribution in [1.82, 2.24) is 26.6 Å². The number of carbonyl (C=O) groups is 14. The zero-order valence-electron chi connectivity index (χ0n) is 55.4. The molecule has 0 spiro atoms. The van der Waals surface area contributed by atoms with Gasteiger partial charge in [-0.15, -0.1) is 0 Å². The first-order chi connectivity index (χ1) is 42.9. The van der Waals surface area contributed by atoms with Gasteiger partial charge >= 0.3 is 35.9 Å². The maximum absolute atomic E-state index is 12.9. The Bertz CT molecular complexity index is 2310. The Morgan fingerprint density at radius 2 is 0.642 bits per heavy atom. The monoisotopic (exact) mass is 1370 g/mol. The molecule has 95 heavy (non-hydrogen) atoms. The van der Waals surface area contributed by atoms with Gasteiger partial charge in [0.05, 0.1) is 50.1 Å². The van der Waals surface area contributed by atoms with Crippen molar-refractivity contribution >= 4 is 82.7 Å². The summed E-state index contributed by atoms with van der Waals surface area (Å²) in [4.78, 5) is 169. The van der Waals surface area contributed by atoms with Gasteiger partial charge in [-0.05, 0) is 109 Å². The number of nitrogens with one attached hydrogen (secondary N) is 5. The largest absolute Gasteiger partial charge is 0.481 e. The molecule has 11 atom stereocenters. The summed E-state index contributed by atoms with van der Waals surface area (Å²) in [5.41, 5.74) is 7.33. The third-order valence-electron chi connectivity index (χ3n) is 12.2. The number of carboxylic acids is 2. The number of hydrogen-bond donors (Lipinski definition) is 17. The number of aliphatic hydroxyl groups excluding tert-OH is 8. The van der Waals surface area contributed by atoms with Crippen LogP contribution in [0.25, 0.3) is 0 Å². The Kier molecular flexibility index (Phi) is 42.4. The zero-order valence-corrected chi connectivity index (χ0v) is 55.4. The Labute approximate surface area is 551 Å². The lowest BCUT2D eigenvalue weighted by Gasteiger charge is -2.25. The SMILES string of the molecule is C.CC(C)(C)OC(=O)CC(CC(=O)OC(C)(C)C)C(=O)NCCCC(=O)[C@@H](O)[C@H](O)[C@H](O)[C@@H](O)C(=O)NCCCC(=O)C(CC(=O)OC(C)(C)C)NC(=O)OC(C)(C)C.N[C@H](CC(=O)O)C(=O)CCCNC(=O)[C@H](O)[C@@H](O)[C@@H](O)[C@H](O)C(=O)CCCNC(=O)[C@H](N)CC(=O)O. The highest BCUT2D eigenvalue weighted by atomic mass is 16.6. The first-order valence-corrected chi connectivity index (χ1v) is 30.2. The molecular formula is C60H105N7O28. The first kappa shape index (κ1) is 92.0. The molecule has 548 valence electrons. The van der Waals surface area contributed by atoms with E-state index >= 15 is 0 Å². The van der Waals surface area contributed by atoms with Gasteiger partial charge in [0.25, 0.3) is 11.8 Å². The summed E-state index contributed by atoms with van der Waals surface area (Å²) in [6, 6.07) is -3.81. The number of amides is 5. The number of hydrogen-bond acceptors (Lipinski definition) is 28. The van der Waals surface area contributed by atoms with Crippen molar-refractivity contribution in [2.75, 3.05) is 26.2 Å². The zero-order chi connectivity index (χ0) is 73.4. The quantitative estimate of drug-likeness (QED) is 0.0162. The molecule has 0 aliphatic rings. The molecular weight excluding hydrogens is 1270 g/mol. The van der Waals surface area contributed by atoms with Crippen LogP contribution in [0, 0.1) is 5.92 Å². The van der Waals surface area contributed by atoms with E-state index in [1.54, 1.807) is 83.1 Å². The number of ketones is 4. The number of alkyl carbamates (subject to hydrolysis) is 1. The molecule has 0 fully saturated rings. The summed E-state index contributed by atoms with van der Waals surface area (Å²) in [6.45, 7) is 18.9. The van der Waals surface area contributed by atoms with E-state index in [1.165, 1.54) is 0 Å². The van der Waals surface area contributed by atoms with E-state index in [2.05, 4.69) is 26.6 Å². The normalized spacial score (nSPS) is 15.1. The molecule has 5 amide bonds. The van der Waals surface area contributed by atoms with Crippen molar-refractivity contribution in [3.05, 3.63) is 0 Å². The van der Waals surface area contributed by atoms with E-state index in [9.17, 15) is 108 Å². The molecule has 0 radical (unpaired) electrons. The molecule has 0 heterocycles. The average molecular weight is 1370 g/mol. The van der Waals surface area contributed by atoms with Crippen LogP contribution in [-0.2, 0) is 81.3 Å². The van der Waals surface area contributed by atoms with Gasteiger partial charge in [-0.1, -0.05) is 7.43 Å². The van der Waals surface area contributed by atoms with Crippen LogP contribution in [-0.4, -0.2) is 249 Å². The minimum absolute atomic E-state index is 0. The van der Waals surface area contributed by atoms with Gasteiger partial charge in [0.15, 0.2) is 29.6 Å². The van der Waals surface area contributed by atoms with Crippen molar-refractivity contribution in [3.8, 4) is 0 Å². The second-order valence-corrected chi connectivity index (χ2v) is 25.9. The molecule has 35 heteroatoms. The number of ether oxygens (including phenoxy) is 4. The van der Waals surface area contributed by atoms with Gasteiger partial charge in [0.1, 0.15) is 70.9 Å². The Morgan fingerprint density at radius 1 is 0.358 bits per heavy atom. The van der Waals surface area contributed by atoms with Gasteiger partial charge in [-0.3, -0.25) is 62.3 Å². The number of nitrogens with two attached hydrogens (primary N) is 2. The lowest BCUT2D eigenvalue weighted by molar-refractivity contribution is -0.161. The van der Waals surface area contributed by atoms with Crippen LogP contribution < -0.4 is 38.1 Å². The maximum Gasteiger partial charge on any atom is 0.408 e. The molecule has 0 aromatic heterocycles. The highest BCUT2D eigenvalue weighted by Gasteiger charge is 2.39. The van der Waals surface area contributed by atoms with Crippen molar-refractivity contribution in [2.45, 2.75) is 263 Å². The van der Waals surface area contributed by atoms with Gasteiger partial charge in [-0.25, -0.2) is 4.79 Å². The fourth-order valence-electron chi connectivity index (χ4n) is 7.73. The van der Waals surface area contributed by atoms with Crippen molar-refractivity contribution < 1.29 is 137 Å². The highest BCUT2D eigenvalue weighted by molar-refractivity contribution is 5.92. The Morgan fingerprint density at radius 3 is 0.979 bits per heavy atom. The van der Waals surface area contributed by atoms with Crippen LogP contribution in [0.1, 0.15) is 174 Å². The first-order valence-electron chi connectivity index (χ1n) is 30.2. The number of esters is 3. The van der Waals surface area contributed by atoms with Crippen LogP contribution in [0.4, 0.5) is 4.79 Å². The number of carbonyl (C=O) groups excluding carboxylic acids is 12. The molecule has 0 aliphatic carbocycles. The lowest BCUT2D eigenvalue weighted by atomic mass is 9.97. The molecule has 0 aromatic rings. The van der Waals surface area contributed by atoms with Crippen LogP contribution in [0.5, 0.6) is 0 Å². The molecule has 1 unspecified atom stereocenters. The minimum atomic E-state index is -2.32. The van der Waals surface area contributed by atoms with Gasteiger partial charge in [0.2, 0.25) is 11.8 Å². The minimum Gasteiger partial charge on any atom is -0.481 e. The van der Waals surface area contributed by atoms with Crippen molar-refractivity contribution in [1.29, 1.82) is 0 Å². The van der Waals surface area contributed by atoms with Crippen LogP contribution in [0.15, 0.2) is 0 Å². The molecule has 19 N–H and O–H groups in total. The molecule has 0 saturated heterocycles. The summed E-state index contributed by atoms with van der Waals surface area (Å²) >= 11 is 0. The molecule has 0 aromatic carbocycles. The number of Topliss-reactive ketones (excluding diaryl/α,β-unsaturated/α-hetero) is 4. The summed E-state index contributed by atoms with van der Waals surface area (Å²) in [7, 11) is 0. The molecule has 35 nitrogen and oxygen atoms in total. The summed E-state index contributed by atoms with van der Waals surface area (Å²) in [5.74, 6) is -12.8. The second kappa shape index (κ2) is 43.8. The number of aliphatic hydroxyl groups is 8. The average Bonchev–Trinajstić information content (AvgIpc) is 0.899. The van der Waals surface area contributed by atoms with Gasteiger partial charge in [0, 0.05) is 51.9 Å². The van der Waals surface area contributed by atoms with E-state index in [0.717, 1.165) is 0 Å². The lowest BCUT2D eigenvalue weighted by Crippen LogP contribution is -2.52. The summed E-state index contributed by atoms with van der Waals surface area (Å²) in [5, 5.41) is 110. The smallest absolute Gasteiger partial charge is 0.408 e. The Balaban J connectivity index is -0.00000196. The fourth-order valence-corrected chi connectivity index (χ4v) is 7.73. The van der Waals surface area contributed by atoms with Crippen LogP contribution in [0.2, 0.25) is 0 Å². The van der Waals surface area contributed by atoms with E-state index in [-0.39, 0.29) is 78.6 Å². The Hall–Kier alpha value is -7.22. The van der Waals surface area contributed by atoms with Crippen molar-refractivity contribution in [2.24, 2.45) is 17.4 Å². The number of aliphatic carboxylic acids is 2. The summed E-state index contributed by atoms with van der Waals surface area (Å²) in [6.07, 6.45) is -22.8. The van der Waals surface area contributed by atoms with Crippen LogP contribution in [0.3, 0.4) is 0 Å². The number of rotatable bonds is 41. The second-order valence-electron chi connectivity index (χ2n) is 25.9. The summed E-state index contributed by atoms with van der Waals surface area (Å²) < 4.78 is 21.0. The standard InChI is InChI=1S/C39H67N3O16.C20H34N4O12.CH4/c1-36(2,3)55-26(45)19-22(20-27(46)56-37(4,5)6)33(52)40-17-14-16-25(44)29(48)30(49)31(50)32(51)34(53)41-18-13-15-24(43)23(21-28(47)57-38(7,8)9)42-35(54)58-39(10,11)12;21-9(7-13(27)28)11(25)3-1-6-24-20(36)18(34)17(33)16(32)15(31)12(26)4-2-5-23-19(35)10(22)8-14(29)30;/h22-23,29-32,48-51H,13-21H2,1-12H3,(H,40,52)(H,41,53)(H,42,54);9-10,15-18,31-34H,1-8,21-22H2,(H,23,35)(H,24,36)(H,27,28)(H,29,30);1H4/t23?,29-,30+,31+,32-;9-,10-,15-,16+,17+,18-;/m11./s1. The molecule has 0 aliphatic heterocycles. The predicted octanol–water partition coefficient (Wildman–Crippen LogP) is -3.33. The highest BCUT2D eigenvalue weighted by Crippen LogP contribution is 2.20. The van der Waals surface area contributed by atoms with Crippen LogP contribution >= 0.6 is 0 Å². The van der Waals surface area contributed by atoms with Gasteiger partial charge < -0.3 is 108 Å². The topological polar surface area (TPSA) is 590 Å². The molecule has 0 rings (SSSR count). The predicted molar refractivity (Wildman–Crippen MR) is 332 cm³/mol. The molecule has 0 saturated carbocycles. The number of carboxylic acid groups (broad SMARTS) is 2.